The number of para-hydroxylation sites is 2. The van der Waals surface area contributed by atoms with E-state index in [1.54, 1.807) is 0 Å². The molecule has 0 bridgehead atoms. The lowest BCUT2D eigenvalue weighted by Crippen LogP contribution is -2.63. The molecule has 5 heterocycles. The minimum Gasteiger partial charge on any atom is -0.376 e. The van der Waals surface area contributed by atoms with Gasteiger partial charge in [-0.3, -0.25) is 0 Å². The molecule has 0 amide bonds. The van der Waals surface area contributed by atoms with Gasteiger partial charge in [-0.25, -0.2) is 0 Å². The fourth-order valence-electron chi connectivity index (χ4n) is 12.7. The van der Waals surface area contributed by atoms with Gasteiger partial charge in [-0.2, -0.15) is 0 Å². The Kier molecular flexibility index (Phi) is 7.52. The largest absolute Gasteiger partial charge is 0.376 e. The van der Waals surface area contributed by atoms with Crippen LogP contribution >= 0.6 is 22.7 Å². The third-order valence-corrected chi connectivity index (χ3v) is 18.4. The second-order valence-corrected chi connectivity index (χ2v) is 23.3. The lowest BCUT2D eigenvalue weighted by Gasteiger charge is -2.51. The number of anilines is 5. The van der Waals surface area contributed by atoms with E-state index in [4.69, 9.17) is 0 Å². The van der Waals surface area contributed by atoms with Gasteiger partial charge in [0.15, 0.2) is 0 Å². The van der Waals surface area contributed by atoms with E-state index in [1.807, 2.05) is 22.7 Å². The van der Waals surface area contributed by atoms with Crippen molar-refractivity contribution in [2.75, 3.05) is 9.71 Å². The van der Waals surface area contributed by atoms with Crippen LogP contribution in [0.4, 0.5) is 28.4 Å². The Morgan fingerprint density at radius 1 is 0.508 bits per heavy atom. The van der Waals surface area contributed by atoms with Gasteiger partial charge in [-0.1, -0.05) is 144 Å². The number of hydrogen-bond donors (Lipinski definition) is 0. The standard InChI is InChI=1S/C60H49BN2S2/c1-34-24-26-46(38(30-34)35-16-9-8-10-17-35)62-48-32-39-36-18-11-14-23-49(36)65-57(39)53-37-19-15-21-42-55(37)63(47-22-13-12-20-41(47)60(42,6)7)61(54(48)53)45-25-27-50-52(56(45)62)40-31-43-44(33-51(40)64-50)59(4,5)29-28-58(43,2)3/h8-27,30-33H,28-29H2,1-7H3. The first-order chi connectivity index (χ1) is 31.4. The Balaban J connectivity index is 1.21. The molecule has 2 aromatic heterocycles. The van der Waals surface area contributed by atoms with E-state index in [2.05, 4.69) is 204 Å². The molecule has 0 fully saturated rings. The summed E-state index contributed by atoms with van der Waals surface area (Å²) in [5.74, 6) is 0. The molecule has 0 spiro atoms. The molecule has 4 aliphatic rings. The normalized spacial score (nSPS) is 17.0. The van der Waals surface area contributed by atoms with E-state index >= 15 is 0 Å². The summed E-state index contributed by atoms with van der Waals surface area (Å²) in [6, 6.07) is 56.6. The minimum absolute atomic E-state index is 0.0651. The second-order valence-electron chi connectivity index (χ2n) is 21.1. The van der Waals surface area contributed by atoms with Crippen molar-refractivity contribution in [3.05, 3.63) is 173 Å². The van der Waals surface area contributed by atoms with Crippen LogP contribution in [0.2, 0.25) is 0 Å². The number of hydrogen-bond acceptors (Lipinski definition) is 4. The molecule has 5 heteroatoms. The van der Waals surface area contributed by atoms with E-state index in [0.29, 0.717) is 0 Å². The number of nitrogens with zero attached hydrogens (tertiary/aromatic N) is 2. The van der Waals surface area contributed by atoms with Crippen LogP contribution in [0.15, 0.2) is 146 Å². The van der Waals surface area contributed by atoms with Crippen LogP contribution in [0.5, 0.6) is 0 Å². The molecule has 0 radical (unpaired) electrons. The quantitative estimate of drug-likeness (QED) is 0.160. The maximum Gasteiger partial charge on any atom is 0.333 e. The fourth-order valence-corrected chi connectivity index (χ4v) is 15.1. The molecule has 3 aliphatic heterocycles. The molecule has 65 heavy (non-hydrogen) atoms. The molecular formula is C60H49BN2S2. The van der Waals surface area contributed by atoms with Crippen molar-refractivity contribution in [3.8, 4) is 22.3 Å². The van der Waals surface area contributed by atoms with E-state index in [-0.39, 0.29) is 23.1 Å². The molecular weight excluding hydrogens is 824 g/mol. The summed E-state index contributed by atoms with van der Waals surface area (Å²) in [6.45, 7) is 16.9. The zero-order valence-electron chi connectivity index (χ0n) is 38.1. The highest BCUT2D eigenvalue weighted by Gasteiger charge is 2.51. The van der Waals surface area contributed by atoms with Crippen molar-refractivity contribution in [2.24, 2.45) is 0 Å². The van der Waals surface area contributed by atoms with Crippen molar-refractivity contribution >= 4 is 109 Å². The lowest BCUT2D eigenvalue weighted by atomic mass is 9.42. The first-order valence-electron chi connectivity index (χ1n) is 23.4. The number of benzene rings is 8. The molecule has 0 unspecified atom stereocenters. The number of thiophene rings is 2. The van der Waals surface area contributed by atoms with Gasteiger partial charge in [-0.15, -0.1) is 22.7 Å². The summed E-state index contributed by atoms with van der Waals surface area (Å²) in [5, 5.41) is 5.42. The second kappa shape index (κ2) is 12.8. The average molecular weight is 873 g/mol. The van der Waals surface area contributed by atoms with E-state index in [0.717, 1.165) is 0 Å². The van der Waals surface area contributed by atoms with Gasteiger partial charge in [-0.05, 0) is 118 Å². The third kappa shape index (κ3) is 4.96. The van der Waals surface area contributed by atoms with Gasteiger partial charge in [0.05, 0.1) is 11.4 Å². The summed E-state index contributed by atoms with van der Waals surface area (Å²) >= 11 is 3.95. The first kappa shape index (κ1) is 38.2. The van der Waals surface area contributed by atoms with Crippen LogP contribution in [-0.4, -0.2) is 6.85 Å². The fraction of sp³-hybridized carbons (Fsp3) is 0.200. The Morgan fingerprint density at radius 2 is 1.25 bits per heavy atom. The van der Waals surface area contributed by atoms with Gasteiger partial charge in [0.2, 0.25) is 0 Å². The van der Waals surface area contributed by atoms with Crippen molar-refractivity contribution in [3.63, 3.8) is 0 Å². The molecule has 1 aliphatic carbocycles. The molecule has 314 valence electrons. The van der Waals surface area contributed by atoms with Crippen molar-refractivity contribution in [1.82, 2.24) is 0 Å². The molecule has 14 rings (SSSR count). The summed E-state index contributed by atoms with van der Waals surface area (Å²) in [4.78, 5) is 5.50. The van der Waals surface area contributed by atoms with Crippen LogP contribution in [-0.2, 0) is 16.2 Å². The predicted molar refractivity (Wildman–Crippen MR) is 284 cm³/mol. The monoisotopic (exact) mass is 872 g/mol. The van der Waals surface area contributed by atoms with Gasteiger partial charge < -0.3 is 9.71 Å². The maximum atomic E-state index is 2.77. The van der Waals surface area contributed by atoms with Gasteiger partial charge in [0, 0.05) is 79.5 Å². The van der Waals surface area contributed by atoms with E-state index in [9.17, 15) is 0 Å². The van der Waals surface area contributed by atoms with Crippen molar-refractivity contribution in [1.29, 1.82) is 0 Å². The van der Waals surface area contributed by atoms with Crippen molar-refractivity contribution < 1.29 is 0 Å². The molecule has 2 nitrogen and oxygen atoms in total. The van der Waals surface area contributed by atoms with Gasteiger partial charge in [0.1, 0.15) is 0 Å². The van der Waals surface area contributed by atoms with Crippen LogP contribution in [0.3, 0.4) is 0 Å². The smallest absolute Gasteiger partial charge is 0.333 e. The van der Waals surface area contributed by atoms with Gasteiger partial charge in [0.25, 0.3) is 0 Å². The summed E-state index contributed by atoms with van der Waals surface area (Å²) in [6.07, 6.45) is 2.39. The number of rotatable bonds is 2. The van der Waals surface area contributed by atoms with Crippen molar-refractivity contribution in [2.45, 2.75) is 77.6 Å². The zero-order valence-corrected chi connectivity index (χ0v) is 39.7. The Labute approximate surface area is 389 Å². The third-order valence-electron chi connectivity index (χ3n) is 16.1. The summed E-state index contributed by atoms with van der Waals surface area (Å²) in [7, 11) is 0. The first-order valence-corrected chi connectivity index (χ1v) is 25.1. The molecule has 0 saturated heterocycles. The Hall–Kier alpha value is -6.14. The van der Waals surface area contributed by atoms with E-state index in [1.165, 1.54) is 143 Å². The summed E-state index contributed by atoms with van der Waals surface area (Å²) < 4.78 is 5.45. The molecule has 10 aromatic rings. The highest BCUT2D eigenvalue weighted by molar-refractivity contribution is 7.27. The highest BCUT2D eigenvalue weighted by Crippen LogP contribution is 2.60. The number of aryl methyl sites for hydroxylation is 1. The molecule has 8 aromatic carbocycles. The molecule has 0 N–H and O–H groups in total. The SMILES string of the molecule is Cc1ccc(N2c3cc4c(sc5ccccc54)c4c3B(c3ccc5sc6cc7c(cc6c5c32)C(C)(C)CCC7(C)C)N2c3ccccc3C(C)(C)c3cccc-4c32)c(-c2ccccc2)c1. The number of fused-ring (bicyclic) bond motifs is 15. The highest BCUT2D eigenvalue weighted by atomic mass is 32.1. The summed E-state index contributed by atoms with van der Waals surface area (Å²) in [5.41, 5.74) is 21.5. The Morgan fingerprint density at radius 3 is 2.08 bits per heavy atom. The lowest BCUT2D eigenvalue weighted by molar-refractivity contribution is 0.332. The predicted octanol–water partition coefficient (Wildman–Crippen LogP) is 16.1. The zero-order chi connectivity index (χ0) is 43.9. The topological polar surface area (TPSA) is 6.48 Å². The maximum absolute atomic E-state index is 2.77. The van der Waals surface area contributed by atoms with Crippen LogP contribution < -0.4 is 20.6 Å². The van der Waals surface area contributed by atoms with E-state index < -0.39 is 0 Å². The Bertz CT molecular complexity index is 3740. The van der Waals surface area contributed by atoms with Crippen LogP contribution in [0, 0.1) is 6.92 Å². The average Bonchev–Trinajstić information content (AvgIpc) is 3.88. The molecule has 0 atom stereocenters. The minimum atomic E-state index is -0.184. The van der Waals surface area contributed by atoms with Crippen LogP contribution in [0.1, 0.15) is 82.2 Å². The molecule has 0 saturated carbocycles. The van der Waals surface area contributed by atoms with Gasteiger partial charge >= 0.3 is 6.85 Å². The van der Waals surface area contributed by atoms with Crippen LogP contribution in [0.25, 0.3) is 62.6 Å².